The standard InChI is InChI=1S/C5H15NOP2/c1-6(2)4-3-5(7,8)9/h7H,3-4,8-9H2,1-2H3. The molecule has 0 amide bonds. The Balaban J connectivity index is 3.28. The summed E-state index contributed by atoms with van der Waals surface area (Å²) < 4.78 is 0. The van der Waals surface area contributed by atoms with Gasteiger partial charge in [-0.1, -0.05) is 18.5 Å². The molecule has 2 atom stereocenters. The molecule has 0 rings (SSSR count). The van der Waals surface area contributed by atoms with E-state index < -0.39 is 5.08 Å². The van der Waals surface area contributed by atoms with E-state index >= 15 is 0 Å². The quantitative estimate of drug-likeness (QED) is 0.612. The van der Waals surface area contributed by atoms with E-state index in [9.17, 15) is 0 Å². The van der Waals surface area contributed by atoms with Gasteiger partial charge in [-0.15, -0.1) is 0 Å². The zero-order chi connectivity index (χ0) is 7.49. The van der Waals surface area contributed by atoms with Crippen LogP contribution in [0.3, 0.4) is 0 Å². The Kier molecular flexibility index (Phi) is 4.16. The lowest BCUT2D eigenvalue weighted by Crippen LogP contribution is -2.20. The molecule has 9 heavy (non-hydrogen) atoms. The Labute approximate surface area is 61.4 Å². The van der Waals surface area contributed by atoms with Crippen LogP contribution in [0.4, 0.5) is 0 Å². The molecule has 0 heterocycles. The predicted molar refractivity (Wildman–Crippen MR) is 47.5 cm³/mol. The van der Waals surface area contributed by atoms with E-state index in [1.165, 1.54) is 0 Å². The fourth-order valence-corrected chi connectivity index (χ4v) is 0.661. The normalized spacial score (nSPS) is 12.7. The fraction of sp³-hybridized carbons (Fsp3) is 1.00. The van der Waals surface area contributed by atoms with E-state index in [1.807, 2.05) is 19.0 Å². The van der Waals surface area contributed by atoms with Crippen LogP contribution in [0, 0.1) is 0 Å². The van der Waals surface area contributed by atoms with Crippen molar-refractivity contribution in [1.82, 2.24) is 4.90 Å². The Morgan fingerprint density at radius 3 is 2.00 bits per heavy atom. The molecule has 0 saturated carbocycles. The van der Waals surface area contributed by atoms with Gasteiger partial charge < -0.3 is 10.0 Å². The molecular weight excluding hydrogens is 152 g/mol. The van der Waals surface area contributed by atoms with Crippen LogP contribution in [0.1, 0.15) is 6.42 Å². The summed E-state index contributed by atoms with van der Waals surface area (Å²) in [4.78, 5) is 2.04. The zero-order valence-electron chi connectivity index (χ0n) is 5.96. The smallest absolute Gasteiger partial charge is 0.0917 e. The molecule has 56 valence electrons. The molecule has 0 aliphatic rings. The van der Waals surface area contributed by atoms with Crippen molar-refractivity contribution in [2.24, 2.45) is 0 Å². The highest BCUT2D eigenvalue weighted by atomic mass is 31.1. The molecule has 2 nitrogen and oxygen atoms in total. The second-order valence-corrected chi connectivity index (χ2v) is 5.21. The van der Waals surface area contributed by atoms with Gasteiger partial charge in [-0.05, 0) is 20.5 Å². The van der Waals surface area contributed by atoms with Crippen LogP contribution in [0.5, 0.6) is 0 Å². The maximum absolute atomic E-state index is 9.17. The van der Waals surface area contributed by atoms with Crippen LogP contribution < -0.4 is 0 Å². The Morgan fingerprint density at radius 1 is 1.44 bits per heavy atom. The van der Waals surface area contributed by atoms with Gasteiger partial charge in [0.25, 0.3) is 0 Å². The number of rotatable bonds is 3. The molecule has 0 saturated heterocycles. The van der Waals surface area contributed by atoms with Crippen LogP contribution in [0.2, 0.25) is 0 Å². The first kappa shape index (κ1) is 9.78. The van der Waals surface area contributed by atoms with Gasteiger partial charge in [-0.25, -0.2) is 0 Å². The zero-order valence-corrected chi connectivity index (χ0v) is 8.27. The highest BCUT2D eigenvalue weighted by Crippen LogP contribution is 2.26. The minimum Gasteiger partial charge on any atom is -0.382 e. The molecule has 0 bridgehead atoms. The van der Waals surface area contributed by atoms with E-state index in [-0.39, 0.29) is 0 Å². The van der Waals surface area contributed by atoms with Gasteiger partial charge >= 0.3 is 0 Å². The van der Waals surface area contributed by atoms with E-state index in [0.29, 0.717) is 0 Å². The van der Waals surface area contributed by atoms with Crippen LogP contribution in [-0.4, -0.2) is 35.7 Å². The van der Waals surface area contributed by atoms with Crippen molar-refractivity contribution < 1.29 is 5.11 Å². The van der Waals surface area contributed by atoms with Crippen molar-refractivity contribution in [2.75, 3.05) is 20.6 Å². The molecule has 0 fully saturated rings. The predicted octanol–water partition coefficient (Wildman–Crippen LogP) is 0.334. The summed E-state index contributed by atoms with van der Waals surface area (Å²) in [5.74, 6) is 0. The Morgan fingerprint density at radius 2 is 1.89 bits per heavy atom. The first-order valence-electron chi connectivity index (χ1n) is 2.87. The molecule has 0 aromatic carbocycles. The average Bonchev–Trinajstić information content (AvgIpc) is 1.59. The monoisotopic (exact) mass is 167 g/mol. The van der Waals surface area contributed by atoms with Gasteiger partial charge in [0.05, 0.1) is 5.08 Å². The topological polar surface area (TPSA) is 23.5 Å². The maximum Gasteiger partial charge on any atom is 0.0917 e. The van der Waals surface area contributed by atoms with Gasteiger partial charge in [-0.3, -0.25) is 0 Å². The highest BCUT2D eigenvalue weighted by Gasteiger charge is 2.11. The van der Waals surface area contributed by atoms with Gasteiger partial charge in [-0.2, -0.15) is 0 Å². The number of nitrogens with zero attached hydrogens (tertiary/aromatic N) is 1. The largest absolute Gasteiger partial charge is 0.382 e. The van der Waals surface area contributed by atoms with Gasteiger partial charge in [0.15, 0.2) is 0 Å². The van der Waals surface area contributed by atoms with Crippen molar-refractivity contribution >= 4 is 18.5 Å². The number of hydrogen-bond acceptors (Lipinski definition) is 2. The molecule has 4 heteroatoms. The van der Waals surface area contributed by atoms with E-state index in [0.717, 1.165) is 13.0 Å². The molecule has 0 spiro atoms. The van der Waals surface area contributed by atoms with Crippen molar-refractivity contribution in [3.63, 3.8) is 0 Å². The number of aliphatic hydroxyl groups is 1. The van der Waals surface area contributed by atoms with Crippen LogP contribution >= 0.6 is 18.5 Å². The van der Waals surface area contributed by atoms with E-state index in [1.54, 1.807) is 0 Å². The maximum atomic E-state index is 9.17. The third-order valence-electron chi connectivity index (χ3n) is 0.959. The average molecular weight is 167 g/mol. The lowest BCUT2D eigenvalue weighted by atomic mass is 10.4. The molecule has 0 aromatic rings. The molecule has 0 aliphatic heterocycles. The third-order valence-corrected chi connectivity index (χ3v) is 1.54. The summed E-state index contributed by atoms with van der Waals surface area (Å²) in [6, 6.07) is 0. The minimum absolute atomic E-state index is 0.676. The van der Waals surface area contributed by atoms with Crippen LogP contribution in [-0.2, 0) is 0 Å². The summed E-state index contributed by atoms with van der Waals surface area (Å²) >= 11 is 0. The summed E-state index contributed by atoms with van der Waals surface area (Å²) in [6.07, 6.45) is 0.759. The van der Waals surface area contributed by atoms with E-state index in [4.69, 9.17) is 5.11 Å². The second kappa shape index (κ2) is 3.83. The minimum atomic E-state index is -0.676. The van der Waals surface area contributed by atoms with Crippen molar-refractivity contribution in [3.8, 4) is 0 Å². The lowest BCUT2D eigenvalue weighted by Gasteiger charge is -2.19. The Hall–Kier alpha value is 0.780. The molecule has 2 unspecified atom stereocenters. The van der Waals surface area contributed by atoms with Gasteiger partial charge in [0.2, 0.25) is 0 Å². The van der Waals surface area contributed by atoms with Crippen molar-refractivity contribution in [1.29, 1.82) is 0 Å². The SMILES string of the molecule is CN(C)CCC(O)(P)P. The van der Waals surface area contributed by atoms with Gasteiger partial charge in [0, 0.05) is 6.54 Å². The third kappa shape index (κ3) is 8.78. The summed E-state index contributed by atoms with van der Waals surface area (Å²) in [7, 11) is 8.72. The number of hydrogen-bond donors (Lipinski definition) is 1. The van der Waals surface area contributed by atoms with Crippen molar-refractivity contribution in [2.45, 2.75) is 11.5 Å². The van der Waals surface area contributed by atoms with Crippen LogP contribution in [0.25, 0.3) is 0 Å². The van der Waals surface area contributed by atoms with Crippen molar-refractivity contribution in [3.05, 3.63) is 0 Å². The first-order valence-corrected chi connectivity index (χ1v) is 4.02. The molecule has 1 N–H and O–H groups in total. The fourth-order valence-electron chi connectivity index (χ4n) is 0.403. The Bertz CT molecular complexity index is 79.5. The van der Waals surface area contributed by atoms with E-state index in [2.05, 4.69) is 18.5 Å². The van der Waals surface area contributed by atoms with Crippen LogP contribution in [0.15, 0.2) is 0 Å². The first-order chi connectivity index (χ1) is 3.92. The summed E-state index contributed by atoms with van der Waals surface area (Å²) in [6.45, 7) is 0.906. The molecule has 0 aliphatic carbocycles. The lowest BCUT2D eigenvalue weighted by molar-refractivity contribution is 0.200. The molecular formula is C5H15NOP2. The summed E-state index contributed by atoms with van der Waals surface area (Å²) in [5, 5.41) is 8.49. The molecule has 0 aromatic heterocycles. The highest BCUT2D eigenvalue weighted by molar-refractivity contribution is 7.39. The second-order valence-electron chi connectivity index (χ2n) is 2.54. The molecule has 0 radical (unpaired) electrons. The van der Waals surface area contributed by atoms with Gasteiger partial charge in [0.1, 0.15) is 0 Å². The summed E-state index contributed by atoms with van der Waals surface area (Å²) in [5.41, 5.74) is 0.